The maximum atomic E-state index is 4.72. The molecule has 27 heavy (non-hydrogen) atoms. The number of aliphatic imine (C=N–C) groups is 1. The number of rotatable bonds is 5. The Kier molecular flexibility index (Phi) is 4.99. The summed E-state index contributed by atoms with van der Waals surface area (Å²) in [7, 11) is 0. The van der Waals surface area contributed by atoms with E-state index in [-0.39, 0.29) is 6.04 Å². The highest BCUT2D eigenvalue weighted by molar-refractivity contribution is 5.80. The molecule has 2 N–H and O–H groups in total. The molecule has 0 saturated heterocycles. The molecule has 1 aliphatic heterocycles. The predicted octanol–water partition coefficient (Wildman–Crippen LogP) is 1.26. The van der Waals surface area contributed by atoms with Crippen LogP contribution in [0, 0.1) is 6.92 Å². The summed E-state index contributed by atoms with van der Waals surface area (Å²) in [5.41, 5.74) is 0.860. The van der Waals surface area contributed by atoms with Crippen LogP contribution in [-0.4, -0.2) is 48.4 Å². The van der Waals surface area contributed by atoms with Gasteiger partial charge in [-0.2, -0.15) is 5.10 Å². The number of hydrogen-bond donors (Lipinski definition) is 2. The molecule has 1 unspecified atom stereocenters. The smallest absolute Gasteiger partial charge is 0.191 e. The molecule has 0 saturated carbocycles. The molecule has 0 aromatic carbocycles. The van der Waals surface area contributed by atoms with Gasteiger partial charge in [0.05, 0.1) is 6.04 Å². The first-order chi connectivity index (χ1) is 13.2. The number of aromatic nitrogens is 6. The van der Waals surface area contributed by atoms with Gasteiger partial charge >= 0.3 is 0 Å². The average Bonchev–Trinajstić information content (AvgIpc) is 3.25. The van der Waals surface area contributed by atoms with Gasteiger partial charge in [-0.1, -0.05) is 6.07 Å². The lowest BCUT2D eigenvalue weighted by Gasteiger charge is -2.25. The van der Waals surface area contributed by atoms with E-state index in [1.807, 2.05) is 40.4 Å². The molecule has 0 fully saturated rings. The van der Waals surface area contributed by atoms with E-state index in [1.165, 1.54) is 0 Å². The fourth-order valence-corrected chi connectivity index (χ4v) is 3.42. The Morgan fingerprint density at radius 2 is 2.26 bits per heavy atom. The minimum absolute atomic E-state index is 0.131. The Morgan fingerprint density at radius 3 is 3.15 bits per heavy atom. The van der Waals surface area contributed by atoms with Gasteiger partial charge in [-0.25, -0.2) is 9.67 Å². The van der Waals surface area contributed by atoms with Gasteiger partial charge in [0.2, 0.25) is 0 Å². The van der Waals surface area contributed by atoms with E-state index in [4.69, 9.17) is 4.99 Å². The van der Waals surface area contributed by atoms with Gasteiger partial charge in [0.15, 0.2) is 11.6 Å². The molecule has 4 rings (SSSR count). The molecule has 1 atom stereocenters. The number of guanidine groups is 1. The van der Waals surface area contributed by atoms with Crippen molar-refractivity contribution < 1.29 is 0 Å². The van der Waals surface area contributed by atoms with E-state index in [2.05, 4.69) is 37.8 Å². The Labute approximate surface area is 157 Å². The third-order valence-electron chi connectivity index (χ3n) is 4.63. The Balaban J connectivity index is 1.44. The van der Waals surface area contributed by atoms with Crippen molar-refractivity contribution in [3.63, 3.8) is 0 Å². The van der Waals surface area contributed by atoms with Crippen LogP contribution in [-0.2, 0) is 13.0 Å². The Hall–Kier alpha value is -2.97. The molecule has 1 aliphatic rings. The second kappa shape index (κ2) is 7.73. The summed E-state index contributed by atoms with van der Waals surface area (Å²) in [6.45, 7) is 6.37. The van der Waals surface area contributed by atoms with Crippen LogP contribution in [0.4, 0.5) is 0 Å². The van der Waals surface area contributed by atoms with Crippen molar-refractivity contribution in [3.8, 4) is 0 Å². The second-order valence-electron chi connectivity index (χ2n) is 6.64. The van der Waals surface area contributed by atoms with Crippen molar-refractivity contribution in [1.82, 2.24) is 40.0 Å². The quantitative estimate of drug-likeness (QED) is 0.520. The molecule has 0 aliphatic carbocycles. The second-order valence-corrected chi connectivity index (χ2v) is 6.64. The summed E-state index contributed by atoms with van der Waals surface area (Å²) in [6, 6.07) is 6.03. The third kappa shape index (κ3) is 3.76. The van der Waals surface area contributed by atoms with Crippen molar-refractivity contribution in [3.05, 3.63) is 41.9 Å². The van der Waals surface area contributed by atoms with Gasteiger partial charge in [0.25, 0.3) is 0 Å². The summed E-state index contributed by atoms with van der Waals surface area (Å²) >= 11 is 0. The SMILES string of the molecule is CCNC(=NCCc1nnc2ccccn12)NC1CCCn2nc(C)nc21. The van der Waals surface area contributed by atoms with Crippen LogP contribution in [0.1, 0.15) is 43.3 Å². The lowest BCUT2D eigenvalue weighted by Crippen LogP contribution is -2.41. The van der Waals surface area contributed by atoms with E-state index in [1.54, 1.807) is 0 Å². The van der Waals surface area contributed by atoms with Gasteiger partial charge in [0, 0.05) is 32.3 Å². The van der Waals surface area contributed by atoms with E-state index in [0.717, 1.165) is 61.4 Å². The lowest BCUT2D eigenvalue weighted by atomic mass is 10.1. The molecule has 0 spiro atoms. The lowest BCUT2D eigenvalue weighted by molar-refractivity contribution is 0.397. The molecule has 3 aromatic rings. The van der Waals surface area contributed by atoms with E-state index in [9.17, 15) is 0 Å². The van der Waals surface area contributed by atoms with Crippen LogP contribution in [0.2, 0.25) is 0 Å². The third-order valence-corrected chi connectivity index (χ3v) is 4.63. The largest absolute Gasteiger partial charge is 0.357 e. The highest BCUT2D eigenvalue weighted by Crippen LogP contribution is 2.22. The summed E-state index contributed by atoms with van der Waals surface area (Å²) in [5, 5.41) is 19.8. The van der Waals surface area contributed by atoms with Crippen molar-refractivity contribution >= 4 is 11.6 Å². The Morgan fingerprint density at radius 1 is 1.33 bits per heavy atom. The van der Waals surface area contributed by atoms with Gasteiger partial charge in [-0.15, -0.1) is 10.2 Å². The zero-order valence-corrected chi connectivity index (χ0v) is 15.8. The topological polar surface area (TPSA) is 97.3 Å². The minimum atomic E-state index is 0.131. The molecule has 0 bridgehead atoms. The van der Waals surface area contributed by atoms with Crippen molar-refractivity contribution in [1.29, 1.82) is 0 Å². The highest BCUT2D eigenvalue weighted by atomic mass is 15.4. The highest BCUT2D eigenvalue weighted by Gasteiger charge is 2.24. The molecule has 3 aromatic heterocycles. The zero-order chi connectivity index (χ0) is 18.6. The van der Waals surface area contributed by atoms with E-state index < -0.39 is 0 Å². The van der Waals surface area contributed by atoms with Crippen LogP contribution in [0.25, 0.3) is 5.65 Å². The van der Waals surface area contributed by atoms with Gasteiger partial charge < -0.3 is 10.6 Å². The summed E-state index contributed by atoms with van der Waals surface area (Å²) in [5.74, 6) is 3.52. The first kappa shape index (κ1) is 17.4. The molecular formula is C18H25N9. The molecule has 9 nitrogen and oxygen atoms in total. The maximum absolute atomic E-state index is 4.72. The molecule has 9 heteroatoms. The summed E-state index contributed by atoms with van der Waals surface area (Å²) < 4.78 is 4.00. The van der Waals surface area contributed by atoms with Crippen molar-refractivity contribution in [2.24, 2.45) is 4.99 Å². The Bertz CT molecular complexity index is 939. The fourth-order valence-electron chi connectivity index (χ4n) is 3.42. The molecule has 0 amide bonds. The minimum Gasteiger partial charge on any atom is -0.357 e. The van der Waals surface area contributed by atoms with Crippen LogP contribution in [0.15, 0.2) is 29.4 Å². The fraction of sp³-hybridized carbons (Fsp3) is 0.500. The van der Waals surface area contributed by atoms with Crippen LogP contribution in [0.3, 0.4) is 0 Å². The maximum Gasteiger partial charge on any atom is 0.191 e. The number of pyridine rings is 1. The van der Waals surface area contributed by atoms with Crippen molar-refractivity contribution in [2.75, 3.05) is 13.1 Å². The standard InChI is InChI=1S/C18H25N9/c1-3-19-18(22-14-7-6-12-27-17(14)21-13(2)25-27)20-10-9-16-24-23-15-8-4-5-11-26(15)16/h4-5,8,11,14H,3,6-7,9-10,12H2,1-2H3,(H2,19,20,22). The normalized spacial score (nSPS) is 17.1. The number of nitrogens with zero attached hydrogens (tertiary/aromatic N) is 7. The molecule has 4 heterocycles. The number of aryl methyl sites for hydroxylation is 2. The average molecular weight is 367 g/mol. The monoisotopic (exact) mass is 367 g/mol. The number of nitrogens with one attached hydrogen (secondary N) is 2. The van der Waals surface area contributed by atoms with Crippen LogP contribution in [0.5, 0.6) is 0 Å². The first-order valence-corrected chi connectivity index (χ1v) is 9.49. The van der Waals surface area contributed by atoms with E-state index >= 15 is 0 Å². The summed E-state index contributed by atoms with van der Waals surface area (Å²) in [6.07, 6.45) is 4.81. The molecule has 142 valence electrons. The van der Waals surface area contributed by atoms with Crippen molar-refractivity contribution in [2.45, 2.75) is 45.7 Å². The predicted molar refractivity (Wildman–Crippen MR) is 103 cm³/mol. The first-order valence-electron chi connectivity index (χ1n) is 9.49. The van der Waals surface area contributed by atoms with Gasteiger partial charge in [-0.05, 0) is 38.8 Å². The van der Waals surface area contributed by atoms with E-state index in [0.29, 0.717) is 6.54 Å². The van der Waals surface area contributed by atoms with Crippen LogP contribution >= 0.6 is 0 Å². The summed E-state index contributed by atoms with van der Waals surface area (Å²) in [4.78, 5) is 9.31. The number of fused-ring (bicyclic) bond motifs is 2. The van der Waals surface area contributed by atoms with Gasteiger partial charge in [-0.3, -0.25) is 9.39 Å². The van der Waals surface area contributed by atoms with Crippen LogP contribution < -0.4 is 10.6 Å². The molecular weight excluding hydrogens is 342 g/mol. The number of hydrogen-bond acceptors (Lipinski definition) is 5. The zero-order valence-electron chi connectivity index (χ0n) is 15.8. The molecule has 0 radical (unpaired) electrons. The van der Waals surface area contributed by atoms with Gasteiger partial charge in [0.1, 0.15) is 17.5 Å².